The van der Waals surface area contributed by atoms with E-state index in [9.17, 15) is 14.0 Å². The number of pyridine rings is 1. The smallest absolute Gasteiger partial charge is 0.267 e. The predicted octanol–water partition coefficient (Wildman–Crippen LogP) is 2.08. The molecule has 0 atom stereocenters. The van der Waals surface area contributed by atoms with Crippen LogP contribution in [0.5, 0.6) is 0 Å². The number of carbonyl (C=O) groups is 1. The minimum atomic E-state index is -0.470. The van der Waals surface area contributed by atoms with Crippen molar-refractivity contribution >= 4 is 11.6 Å². The third-order valence-electron chi connectivity index (χ3n) is 3.24. The van der Waals surface area contributed by atoms with Gasteiger partial charge in [-0.05, 0) is 36.4 Å². The molecule has 1 amide bonds. The van der Waals surface area contributed by atoms with Gasteiger partial charge in [-0.25, -0.2) is 9.07 Å². The van der Waals surface area contributed by atoms with Crippen molar-refractivity contribution in [1.29, 1.82) is 0 Å². The van der Waals surface area contributed by atoms with Crippen molar-refractivity contribution in [2.45, 2.75) is 6.54 Å². The van der Waals surface area contributed by atoms with Crippen molar-refractivity contribution in [2.24, 2.45) is 0 Å². The van der Waals surface area contributed by atoms with Gasteiger partial charge >= 0.3 is 0 Å². The van der Waals surface area contributed by atoms with Gasteiger partial charge in [0, 0.05) is 29.7 Å². The fourth-order valence-electron chi connectivity index (χ4n) is 2.14. The quantitative estimate of drug-likeness (QED) is 0.797. The second kappa shape index (κ2) is 6.82. The van der Waals surface area contributed by atoms with Crippen molar-refractivity contribution < 1.29 is 9.18 Å². The van der Waals surface area contributed by atoms with Gasteiger partial charge in [0.25, 0.3) is 5.56 Å². The molecule has 6 nitrogen and oxygen atoms in total. The van der Waals surface area contributed by atoms with Crippen LogP contribution in [0.15, 0.2) is 65.7 Å². The number of nitrogens with one attached hydrogen (secondary N) is 1. The Morgan fingerprint density at radius 3 is 2.67 bits per heavy atom. The number of anilines is 1. The number of carbonyl (C=O) groups excluding carboxylic acids is 1. The van der Waals surface area contributed by atoms with Crippen LogP contribution in [0.1, 0.15) is 0 Å². The monoisotopic (exact) mass is 324 g/mol. The highest BCUT2D eigenvalue weighted by Gasteiger charge is 2.08. The molecule has 0 aliphatic carbocycles. The average Bonchev–Trinajstić information content (AvgIpc) is 2.57. The second-order valence-electron chi connectivity index (χ2n) is 5.01. The van der Waals surface area contributed by atoms with Crippen LogP contribution in [0.4, 0.5) is 10.1 Å². The molecule has 0 saturated carbocycles. The predicted molar refractivity (Wildman–Crippen MR) is 86.8 cm³/mol. The van der Waals surface area contributed by atoms with Crippen LogP contribution in [-0.4, -0.2) is 20.7 Å². The topological polar surface area (TPSA) is 76.9 Å². The van der Waals surface area contributed by atoms with Gasteiger partial charge in [0.1, 0.15) is 12.4 Å². The molecule has 120 valence electrons. The molecular formula is C17H13FN4O2. The van der Waals surface area contributed by atoms with E-state index in [1.165, 1.54) is 24.3 Å². The van der Waals surface area contributed by atoms with E-state index in [2.05, 4.69) is 15.4 Å². The summed E-state index contributed by atoms with van der Waals surface area (Å²) < 4.78 is 14.2. The molecular weight excluding hydrogens is 311 g/mol. The molecule has 7 heteroatoms. The summed E-state index contributed by atoms with van der Waals surface area (Å²) in [6.07, 6.45) is 3.23. The van der Waals surface area contributed by atoms with Gasteiger partial charge in [-0.15, -0.1) is 0 Å². The Kier molecular flexibility index (Phi) is 4.42. The first-order valence-corrected chi connectivity index (χ1v) is 7.16. The van der Waals surface area contributed by atoms with E-state index in [1.54, 1.807) is 36.7 Å². The summed E-state index contributed by atoms with van der Waals surface area (Å²) in [5.74, 6) is -0.926. The summed E-state index contributed by atoms with van der Waals surface area (Å²) in [5, 5.41) is 6.71. The van der Waals surface area contributed by atoms with Crippen LogP contribution in [0, 0.1) is 5.82 Å². The average molecular weight is 324 g/mol. The van der Waals surface area contributed by atoms with Crippen molar-refractivity contribution in [3.63, 3.8) is 0 Å². The van der Waals surface area contributed by atoms with E-state index in [1.807, 2.05) is 0 Å². The number of hydrogen-bond acceptors (Lipinski definition) is 4. The normalized spacial score (nSPS) is 10.4. The molecule has 1 N–H and O–H groups in total. The zero-order valence-corrected chi connectivity index (χ0v) is 12.5. The third-order valence-corrected chi connectivity index (χ3v) is 3.24. The number of aromatic nitrogens is 3. The molecule has 0 saturated heterocycles. The fourth-order valence-corrected chi connectivity index (χ4v) is 2.14. The molecule has 0 unspecified atom stereocenters. The number of nitrogens with zero attached hydrogens (tertiary/aromatic N) is 3. The minimum Gasteiger partial charge on any atom is -0.324 e. The van der Waals surface area contributed by atoms with Crippen LogP contribution < -0.4 is 10.9 Å². The zero-order chi connectivity index (χ0) is 16.9. The lowest BCUT2D eigenvalue weighted by Gasteiger charge is -2.08. The van der Waals surface area contributed by atoms with E-state index < -0.39 is 17.3 Å². The van der Waals surface area contributed by atoms with Gasteiger partial charge in [-0.1, -0.05) is 6.07 Å². The first-order chi connectivity index (χ1) is 11.6. The lowest BCUT2D eigenvalue weighted by Crippen LogP contribution is -2.29. The van der Waals surface area contributed by atoms with Gasteiger partial charge in [-0.3, -0.25) is 14.6 Å². The Bertz CT molecular complexity index is 925. The summed E-state index contributed by atoms with van der Waals surface area (Å²) in [6.45, 7) is -0.270. The van der Waals surface area contributed by atoms with Gasteiger partial charge in [-0.2, -0.15) is 5.10 Å². The molecule has 2 aromatic heterocycles. The number of hydrogen-bond donors (Lipinski definition) is 1. The van der Waals surface area contributed by atoms with Gasteiger partial charge in [0.2, 0.25) is 5.91 Å². The van der Waals surface area contributed by atoms with Crippen molar-refractivity contribution in [3.05, 3.63) is 77.1 Å². The molecule has 1 aromatic carbocycles. The Morgan fingerprint density at radius 2 is 1.92 bits per heavy atom. The maximum atomic E-state index is 13.1. The number of amides is 1. The fraction of sp³-hybridized carbons (Fsp3) is 0.0588. The van der Waals surface area contributed by atoms with E-state index in [4.69, 9.17) is 0 Å². The minimum absolute atomic E-state index is 0.270. The first kappa shape index (κ1) is 15.5. The summed E-state index contributed by atoms with van der Waals surface area (Å²) in [4.78, 5) is 27.9. The summed E-state index contributed by atoms with van der Waals surface area (Å²) in [5.41, 5.74) is 1.25. The first-order valence-electron chi connectivity index (χ1n) is 7.16. The van der Waals surface area contributed by atoms with Crippen LogP contribution >= 0.6 is 0 Å². The Morgan fingerprint density at radius 1 is 1.12 bits per heavy atom. The summed E-state index contributed by atoms with van der Waals surface area (Å²) in [6, 6.07) is 12.0. The van der Waals surface area contributed by atoms with E-state index in [-0.39, 0.29) is 6.54 Å². The maximum Gasteiger partial charge on any atom is 0.267 e. The number of rotatable bonds is 4. The standard InChI is InChI=1S/C17H13FN4O2/c18-13-2-1-3-14(10-13)20-16(23)11-22-17(24)5-4-15(21-22)12-6-8-19-9-7-12/h1-10H,11H2,(H,20,23). The van der Waals surface area contributed by atoms with E-state index >= 15 is 0 Å². The number of halogens is 1. The van der Waals surface area contributed by atoms with Crippen LogP contribution in [0.3, 0.4) is 0 Å². The SMILES string of the molecule is O=C(Cn1nc(-c2ccncc2)ccc1=O)Nc1cccc(F)c1. The molecule has 2 heterocycles. The maximum absolute atomic E-state index is 13.1. The van der Waals surface area contributed by atoms with E-state index in [0.29, 0.717) is 11.4 Å². The second-order valence-corrected chi connectivity index (χ2v) is 5.01. The molecule has 3 aromatic rings. The molecule has 0 aliphatic heterocycles. The molecule has 0 bridgehead atoms. The number of benzene rings is 1. The van der Waals surface area contributed by atoms with Gasteiger partial charge in [0.15, 0.2) is 0 Å². The van der Waals surface area contributed by atoms with Crippen LogP contribution in [-0.2, 0) is 11.3 Å². The van der Waals surface area contributed by atoms with Crippen molar-refractivity contribution in [1.82, 2.24) is 14.8 Å². The molecule has 0 spiro atoms. The Balaban J connectivity index is 1.79. The third kappa shape index (κ3) is 3.70. The molecule has 24 heavy (non-hydrogen) atoms. The molecule has 0 fully saturated rings. The molecule has 3 rings (SSSR count). The summed E-state index contributed by atoms with van der Waals surface area (Å²) in [7, 11) is 0. The van der Waals surface area contributed by atoms with Gasteiger partial charge < -0.3 is 5.32 Å². The zero-order valence-electron chi connectivity index (χ0n) is 12.5. The highest BCUT2D eigenvalue weighted by molar-refractivity contribution is 5.90. The van der Waals surface area contributed by atoms with Crippen molar-refractivity contribution in [2.75, 3.05) is 5.32 Å². The largest absolute Gasteiger partial charge is 0.324 e. The highest BCUT2D eigenvalue weighted by atomic mass is 19.1. The molecule has 0 aliphatic rings. The van der Waals surface area contributed by atoms with E-state index in [0.717, 1.165) is 10.2 Å². The summed E-state index contributed by atoms with van der Waals surface area (Å²) >= 11 is 0. The highest BCUT2D eigenvalue weighted by Crippen LogP contribution is 2.13. The lowest BCUT2D eigenvalue weighted by atomic mass is 10.2. The van der Waals surface area contributed by atoms with Gasteiger partial charge in [0.05, 0.1) is 5.69 Å². The molecule has 0 radical (unpaired) electrons. The lowest BCUT2D eigenvalue weighted by molar-refractivity contribution is -0.117. The Labute approximate surface area is 136 Å². The van der Waals surface area contributed by atoms with Crippen LogP contribution in [0.25, 0.3) is 11.3 Å². The van der Waals surface area contributed by atoms with Crippen LogP contribution in [0.2, 0.25) is 0 Å². The van der Waals surface area contributed by atoms with Crippen molar-refractivity contribution in [3.8, 4) is 11.3 Å². The Hall–Kier alpha value is -3.35.